The predicted molar refractivity (Wildman–Crippen MR) is 116 cm³/mol. The third kappa shape index (κ3) is 4.12. The molecular weight excluding hydrogens is 384 g/mol. The van der Waals surface area contributed by atoms with Crippen molar-refractivity contribution in [1.82, 2.24) is 4.98 Å². The summed E-state index contributed by atoms with van der Waals surface area (Å²) in [7, 11) is 0. The molecule has 0 bridgehead atoms. The minimum atomic E-state index is -0.486. The SMILES string of the molecule is Cc1ccc(Cc2cnc(NC(=O)c3cc(=O)c4cc(C)cc(C)c4o3)s2)cc1. The molecule has 2 aromatic heterocycles. The maximum atomic E-state index is 12.6. The van der Waals surface area contributed by atoms with Crippen molar-refractivity contribution in [3.05, 3.63) is 91.8 Å². The van der Waals surface area contributed by atoms with E-state index in [9.17, 15) is 9.59 Å². The van der Waals surface area contributed by atoms with Crippen LogP contribution in [-0.2, 0) is 6.42 Å². The second kappa shape index (κ2) is 7.64. The van der Waals surface area contributed by atoms with Gasteiger partial charge in [0.05, 0.1) is 5.39 Å². The zero-order valence-corrected chi connectivity index (χ0v) is 17.2. The van der Waals surface area contributed by atoms with Crippen molar-refractivity contribution in [2.24, 2.45) is 0 Å². The summed E-state index contributed by atoms with van der Waals surface area (Å²) in [6, 6.07) is 13.2. The van der Waals surface area contributed by atoms with E-state index in [2.05, 4.69) is 41.5 Å². The van der Waals surface area contributed by atoms with E-state index in [1.807, 2.05) is 19.9 Å². The third-order valence-electron chi connectivity index (χ3n) is 4.66. The molecule has 6 heteroatoms. The number of thiazole rings is 1. The highest BCUT2D eigenvalue weighted by molar-refractivity contribution is 7.15. The van der Waals surface area contributed by atoms with Crippen LogP contribution in [0.4, 0.5) is 5.13 Å². The lowest BCUT2D eigenvalue weighted by Crippen LogP contribution is -2.15. The number of rotatable bonds is 4. The van der Waals surface area contributed by atoms with Crippen LogP contribution in [0.3, 0.4) is 0 Å². The van der Waals surface area contributed by atoms with Gasteiger partial charge in [-0.05, 0) is 43.5 Å². The third-order valence-corrected chi connectivity index (χ3v) is 5.57. The lowest BCUT2D eigenvalue weighted by Gasteiger charge is -2.06. The molecule has 0 atom stereocenters. The molecule has 1 amide bonds. The second-order valence-electron chi connectivity index (χ2n) is 7.18. The van der Waals surface area contributed by atoms with Crippen molar-refractivity contribution in [2.75, 3.05) is 5.32 Å². The lowest BCUT2D eigenvalue weighted by molar-refractivity contribution is 0.0997. The van der Waals surface area contributed by atoms with Crippen LogP contribution < -0.4 is 10.7 Å². The fourth-order valence-electron chi connectivity index (χ4n) is 3.23. The minimum Gasteiger partial charge on any atom is -0.450 e. The second-order valence-corrected chi connectivity index (χ2v) is 8.30. The standard InChI is InChI=1S/C23H20N2O3S/c1-13-4-6-16(7-5-13)10-17-12-24-23(29-17)25-22(27)20-11-19(26)18-9-14(2)8-15(3)21(18)28-20/h4-9,11-12H,10H2,1-3H3,(H,24,25,27). The summed E-state index contributed by atoms with van der Waals surface area (Å²) >= 11 is 1.40. The van der Waals surface area contributed by atoms with Gasteiger partial charge < -0.3 is 4.42 Å². The smallest absolute Gasteiger partial charge is 0.293 e. The van der Waals surface area contributed by atoms with Gasteiger partial charge >= 0.3 is 0 Å². The van der Waals surface area contributed by atoms with Crippen LogP contribution in [0.15, 0.2) is 57.9 Å². The van der Waals surface area contributed by atoms with Gasteiger partial charge in [-0.15, -0.1) is 11.3 Å². The first kappa shape index (κ1) is 19.1. The Labute approximate surface area is 172 Å². The Balaban J connectivity index is 1.55. The van der Waals surface area contributed by atoms with E-state index < -0.39 is 5.91 Å². The number of carbonyl (C=O) groups excluding carboxylic acids is 1. The van der Waals surface area contributed by atoms with Gasteiger partial charge in [0.1, 0.15) is 5.58 Å². The van der Waals surface area contributed by atoms with Crippen molar-refractivity contribution in [3.63, 3.8) is 0 Å². The molecule has 0 saturated carbocycles. The zero-order chi connectivity index (χ0) is 20.5. The number of amides is 1. The van der Waals surface area contributed by atoms with Crippen LogP contribution in [0.1, 0.15) is 37.7 Å². The molecule has 29 heavy (non-hydrogen) atoms. The summed E-state index contributed by atoms with van der Waals surface area (Å²) in [6.07, 6.45) is 2.50. The first-order chi connectivity index (χ1) is 13.9. The highest BCUT2D eigenvalue weighted by atomic mass is 32.1. The fraction of sp³-hybridized carbons (Fsp3) is 0.174. The molecule has 4 aromatic rings. The predicted octanol–water partition coefficient (Wildman–Crippen LogP) is 5.02. The number of anilines is 1. The maximum absolute atomic E-state index is 12.6. The number of nitrogens with one attached hydrogen (secondary N) is 1. The quantitative estimate of drug-likeness (QED) is 0.518. The van der Waals surface area contributed by atoms with Gasteiger partial charge in [0.2, 0.25) is 0 Å². The van der Waals surface area contributed by atoms with E-state index in [0.29, 0.717) is 16.1 Å². The van der Waals surface area contributed by atoms with E-state index in [1.54, 1.807) is 12.3 Å². The number of benzene rings is 2. The Kier molecular flexibility index (Phi) is 5.03. The Morgan fingerprint density at radius 2 is 1.83 bits per heavy atom. The topological polar surface area (TPSA) is 72.2 Å². The molecule has 1 N–H and O–H groups in total. The number of fused-ring (bicyclic) bond motifs is 1. The first-order valence-electron chi connectivity index (χ1n) is 9.26. The molecular formula is C23H20N2O3S. The molecule has 0 aliphatic rings. The molecule has 0 spiro atoms. The van der Waals surface area contributed by atoms with Gasteiger partial charge in [0.25, 0.3) is 5.91 Å². The molecule has 2 aromatic carbocycles. The Bertz CT molecular complexity index is 1270. The largest absolute Gasteiger partial charge is 0.450 e. The van der Waals surface area contributed by atoms with Crippen molar-refractivity contribution < 1.29 is 9.21 Å². The minimum absolute atomic E-state index is 0.0234. The molecule has 0 saturated heterocycles. The van der Waals surface area contributed by atoms with Gasteiger partial charge in [0, 0.05) is 23.6 Å². The van der Waals surface area contributed by atoms with E-state index in [4.69, 9.17) is 4.42 Å². The lowest BCUT2D eigenvalue weighted by atomic mass is 10.1. The van der Waals surface area contributed by atoms with Crippen LogP contribution in [0, 0.1) is 20.8 Å². The molecule has 0 fully saturated rings. The summed E-state index contributed by atoms with van der Waals surface area (Å²) in [5.41, 5.74) is 4.40. The van der Waals surface area contributed by atoms with Gasteiger partial charge in [-0.1, -0.05) is 35.9 Å². The Morgan fingerprint density at radius 3 is 2.59 bits per heavy atom. The summed E-state index contributed by atoms with van der Waals surface area (Å²) < 4.78 is 5.74. The zero-order valence-electron chi connectivity index (χ0n) is 16.4. The monoisotopic (exact) mass is 404 g/mol. The van der Waals surface area contributed by atoms with E-state index in [-0.39, 0.29) is 11.2 Å². The van der Waals surface area contributed by atoms with E-state index in [1.165, 1.54) is 28.5 Å². The number of aromatic nitrogens is 1. The molecule has 146 valence electrons. The van der Waals surface area contributed by atoms with Crippen LogP contribution in [0.25, 0.3) is 11.0 Å². The Hall–Kier alpha value is -3.25. The highest BCUT2D eigenvalue weighted by Gasteiger charge is 2.16. The van der Waals surface area contributed by atoms with Crippen molar-refractivity contribution in [2.45, 2.75) is 27.2 Å². The van der Waals surface area contributed by atoms with Crippen LogP contribution in [0.5, 0.6) is 0 Å². The van der Waals surface area contributed by atoms with Gasteiger partial charge in [0.15, 0.2) is 16.3 Å². The van der Waals surface area contributed by atoms with Gasteiger partial charge in [-0.3, -0.25) is 14.9 Å². The molecule has 2 heterocycles. The molecule has 0 unspecified atom stereocenters. The van der Waals surface area contributed by atoms with Gasteiger partial charge in [-0.2, -0.15) is 0 Å². The molecule has 4 rings (SSSR count). The normalized spacial score (nSPS) is 11.0. The number of hydrogen-bond acceptors (Lipinski definition) is 5. The van der Waals surface area contributed by atoms with Gasteiger partial charge in [-0.25, -0.2) is 4.98 Å². The van der Waals surface area contributed by atoms with Crippen molar-refractivity contribution in [3.8, 4) is 0 Å². The molecule has 5 nitrogen and oxygen atoms in total. The molecule has 0 aliphatic carbocycles. The Morgan fingerprint density at radius 1 is 1.07 bits per heavy atom. The summed E-state index contributed by atoms with van der Waals surface area (Å²) in [5.74, 6) is -0.509. The fourth-order valence-corrected chi connectivity index (χ4v) is 4.08. The summed E-state index contributed by atoms with van der Waals surface area (Å²) in [6.45, 7) is 5.83. The number of aryl methyl sites for hydroxylation is 3. The van der Waals surface area contributed by atoms with Crippen molar-refractivity contribution >= 4 is 33.3 Å². The summed E-state index contributed by atoms with van der Waals surface area (Å²) in [5, 5.41) is 3.69. The van der Waals surface area contributed by atoms with Crippen LogP contribution in [0.2, 0.25) is 0 Å². The first-order valence-corrected chi connectivity index (χ1v) is 10.1. The van der Waals surface area contributed by atoms with Crippen molar-refractivity contribution in [1.29, 1.82) is 0 Å². The van der Waals surface area contributed by atoms with Crippen LogP contribution >= 0.6 is 11.3 Å². The number of nitrogens with zero attached hydrogens (tertiary/aromatic N) is 1. The highest BCUT2D eigenvalue weighted by Crippen LogP contribution is 2.23. The van der Waals surface area contributed by atoms with E-state index in [0.717, 1.165) is 22.4 Å². The summed E-state index contributed by atoms with van der Waals surface area (Å²) in [4.78, 5) is 30.4. The molecule has 0 aliphatic heterocycles. The van der Waals surface area contributed by atoms with E-state index >= 15 is 0 Å². The number of carbonyl (C=O) groups is 1. The average molecular weight is 404 g/mol. The average Bonchev–Trinajstić information content (AvgIpc) is 3.11. The number of hydrogen-bond donors (Lipinski definition) is 1. The molecule has 0 radical (unpaired) electrons. The van der Waals surface area contributed by atoms with Crippen LogP contribution in [-0.4, -0.2) is 10.9 Å². The maximum Gasteiger partial charge on any atom is 0.293 e.